The lowest BCUT2D eigenvalue weighted by molar-refractivity contribution is -0.122. The summed E-state index contributed by atoms with van der Waals surface area (Å²) in [6.45, 7) is 2.22. The molecule has 9 heteroatoms. The molecule has 0 saturated heterocycles. The van der Waals surface area contributed by atoms with Crippen LogP contribution in [-0.4, -0.2) is 26.6 Å². The minimum atomic E-state index is -0.643. The number of amides is 1. The normalized spacial score (nSPS) is 11.8. The second-order valence-electron chi connectivity index (χ2n) is 8.35. The molecule has 2 aromatic heterocycles. The van der Waals surface area contributed by atoms with Crippen LogP contribution in [0.3, 0.4) is 0 Å². The molecular weight excluding hydrogens is 554 g/mol. The summed E-state index contributed by atoms with van der Waals surface area (Å²) in [6.07, 6.45) is 1.06. The summed E-state index contributed by atoms with van der Waals surface area (Å²) in [6, 6.07) is 26.4. The molecule has 0 radical (unpaired) electrons. The van der Waals surface area contributed by atoms with Crippen LogP contribution in [0, 0.1) is 0 Å². The number of aromatic nitrogens is 3. The number of anilines is 2. The number of para-hydroxylation sites is 1. The van der Waals surface area contributed by atoms with Gasteiger partial charge in [0.25, 0.3) is 5.91 Å². The number of carbonyl (C=O) groups excluding carboxylic acids is 1. The lowest BCUT2D eigenvalue weighted by atomic mass is 10.1. The summed E-state index contributed by atoms with van der Waals surface area (Å²) >= 11 is 9.97. The maximum Gasteiger partial charge on any atom is 0.265 e. The van der Waals surface area contributed by atoms with Gasteiger partial charge in [-0.15, -0.1) is 0 Å². The van der Waals surface area contributed by atoms with E-state index in [1.165, 1.54) is 0 Å². The van der Waals surface area contributed by atoms with Crippen LogP contribution in [0.25, 0.3) is 16.9 Å². The van der Waals surface area contributed by atoms with E-state index in [1.807, 2.05) is 84.9 Å². The van der Waals surface area contributed by atoms with Gasteiger partial charge < -0.3 is 15.4 Å². The smallest absolute Gasteiger partial charge is 0.265 e. The molecule has 0 spiro atoms. The molecule has 5 aromatic rings. The summed E-state index contributed by atoms with van der Waals surface area (Å²) in [5.41, 5.74) is 3.90. The number of hydrogen-bond acceptors (Lipinski definition) is 5. The SMILES string of the molecule is CC(Oc1ccccc1)C(=O)Nc1cccc(CNc2cc(-c3ccccc3Cl)nc3c(Br)cnn23)c1. The van der Waals surface area contributed by atoms with Crippen LogP contribution in [0.2, 0.25) is 5.02 Å². The molecule has 186 valence electrons. The maximum atomic E-state index is 12.7. The molecule has 2 N–H and O–H groups in total. The molecular formula is C28H23BrClN5O2. The van der Waals surface area contributed by atoms with Crippen molar-refractivity contribution in [1.82, 2.24) is 14.6 Å². The first-order chi connectivity index (χ1) is 18.0. The fraction of sp³-hybridized carbons (Fsp3) is 0.107. The summed E-state index contributed by atoms with van der Waals surface area (Å²) in [7, 11) is 0. The van der Waals surface area contributed by atoms with E-state index in [1.54, 1.807) is 17.6 Å². The Kier molecular flexibility index (Phi) is 7.39. The molecule has 7 nitrogen and oxygen atoms in total. The van der Waals surface area contributed by atoms with Crippen molar-refractivity contribution in [2.45, 2.75) is 19.6 Å². The lowest BCUT2D eigenvalue weighted by Crippen LogP contribution is -2.30. The molecule has 37 heavy (non-hydrogen) atoms. The Balaban J connectivity index is 1.32. The van der Waals surface area contributed by atoms with Crippen LogP contribution in [0.1, 0.15) is 12.5 Å². The van der Waals surface area contributed by atoms with Crippen molar-refractivity contribution >= 4 is 50.6 Å². The Morgan fingerprint density at radius 3 is 2.65 bits per heavy atom. The standard InChI is InChI=1S/C28H23BrClN5O2/c1-18(37-21-10-3-2-4-11-21)28(36)33-20-9-7-8-19(14-20)16-31-26-15-25(22-12-5-6-13-24(22)30)34-27-23(29)17-32-35(26)27/h2-15,17-18,31H,16H2,1H3,(H,33,36). The van der Waals surface area contributed by atoms with E-state index in [0.717, 1.165) is 27.1 Å². The van der Waals surface area contributed by atoms with Crippen molar-refractivity contribution in [2.75, 3.05) is 10.6 Å². The Morgan fingerprint density at radius 1 is 1.05 bits per heavy atom. The first kappa shape index (κ1) is 24.8. The van der Waals surface area contributed by atoms with Gasteiger partial charge in [-0.2, -0.15) is 9.61 Å². The van der Waals surface area contributed by atoms with Gasteiger partial charge in [0.1, 0.15) is 11.6 Å². The zero-order valence-corrected chi connectivity index (χ0v) is 22.2. The van der Waals surface area contributed by atoms with Gasteiger partial charge in [-0.1, -0.05) is 60.1 Å². The predicted molar refractivity (Wildman–Crippen MR) is 150 cm³/mol. The summed E-state index contributed by atoms with van der Waals surface area (Å²) in [5, 5.41) is 11.4. The molecule has 0 bridgehead atoms. The molecule has 0 aliphatic heterocycles. The van der Waals surface area contributed by atoms with Gasteiger partial charge in [0, 0.05) is 28.9 Å². The number of halogens is 2. The lowest BCUT2D eigenvalue weighted by Gasteiger charge is -2.15. The van der Waals surface area contributed by atoms with E-state index in [4.69, 9.17) is 21.3 Å². The third-order valence-electron chi connectivity index (χ3n) is 5.67. The predicted octanol–water partition coefficient (Wildman–Crippen LogP) is 6.83. The molecule has 2 heterocycles. The second-order valence-corrected chi connectivity index (χ2v) is 9.61. The summed E-state index contributed by atoms with van der Waals surface area (Å²) < 4.78 is 8.24. The van der Waals surface area contributed by atoms with Crippen LogP contribution < -0.4 is 15.4 Å². The van der Waals surface area contributed by atoms with Crippen LogP contribution >= 0.6 is 27.5 Å². The highest BCUT2D eigenvalue weighted by Gasteiger charge is 2.16. The van der Waals surface area contributed by atoms with E-state index in [-0.39, 0.29) is 5.91 Å². The fourth-order valence-electron chi connectivity index (χ4n) is 3.82. The molecule has 5 rings (SSSR count). The number of nitrogens with zero attached hydrogens (tertiary/aromatic N) is 3. The number of hydrogen-bond donors (Lipinski definition) is 2. The number of benzene rings is 3. The zero-order valence-electron chi connectivity index (χ0n) is 19.9. The number of ether oxygens (including phenoxy) is 1. The van der Waals surface area contributed by atoms with E-state index < -0.39 is 6.10 Å². The molecule has 3 aromatic carbocycles. The minimum absolute atomic E-state index is 0.226. The van der Waals surface area contributed by atoms with Gasteiger partial charge in [-0.3, -0.25) is 4.79 Å². The van der Waals surface area contributed by atoms with Gasteiger partial charge in [0.15, 0.2) is 11.8 Å². The second kappa shape index (κ2) is 11.0. The highest BCUT2D eigenvalue weighted by molar-refractivity contribution is 9.10. The first-order valence-corrected chi connectivity index (χ1v) is 12.8. The number of fused-ring (bicyclic) bond motifs is 1. The quantitative estimate of drug-likeness (QED) is 0.212. The van der Waals surface area contributed by atoms with E-state index in [9.17, 15) is 4.79 Å². The van der Waals surface area contributed by atoms with Crippen LogP contribution in [0.5, 0.6) is 5.75 Å². The van der Waals surface area contributed by atoms with Gasteiger partial charge in [0.2, 0.25) is 0 Å². The Hall–Kier alpha value is -3.88. The van der Waals surface area contributed by atoms with E-state index in [2.05, 4.69) is 31.7 Å². The topological polar surface area (TPSA) is 80.5 Å². The van der Waals surface area contributed by atoms with Crippen molar-refractivity contribution in [1.29, 1.82) is 0 Å². The van der Waals surface area contributed by atoms with Crippen molar-refractivity contribution in [3.8, 4) is 17.0 Å². The number of carbonyl (C=O) groups is 1. The van der Waals surface area contributed by atoms with Crippen molar-refractivity contribution in [3.63, 3.8) is 0 Å². The van der Waals surface area contributed by atoms with Gasteiger partial charge in [-0.25, -0.2) is 4.98 Å². The minimum Gasteiger partial charge on any atom is -0.481 e. The number of rotatable bonds is 8. The van der Waals surface area contributed by atoms with E-state index >= 15 is 0 Å². The summed E-state index contributed by atoms with van der Waals surface area (Å²) in [5.74, 6) is 1.17. The molecule has 0 aliphatic carbocycles. The van der Waals surface area contributed by atoms with Gasteiger partial charge >= 0.3 is 0 Å². The Bertz CT molecular complexity index is 1560. The molecule has 1 amide bonds. The zero-order chi connectivity index (χ0) is 25.8. The van der Waals surface area contributed by atoms with Crippen LogP contribution in [-0.2, 0) is 11.3 Å². The fourth-order valence-corrected chi connectivity index (χ4v) is 4.40. The third kappa shape index (κ3) is 5.76. The van der Waals surface area contributed by atoms with Crippen molar-refractivity contribution in [3.05, 3.63) is 106 Å². The van der Waals surface area contributed by atoms with Gasteiger partial charge in [-0.05, 0) is 58.7 Å². The highest BCUT2D eigenvalue weighted by Crippen LogP contribution is 2.30. The Morgan fingerprint density at radius 2 is 1.84 bits per heavy atom. The van der Waals surface area contributed by atoms with Crippen LogP contribution in [0.4, 0.5) is 11.5 Å². The maximum absolute atomic E-state index is 12.7. The van der Waals surface area contributed by atoms with E-state index in [0.29, 0.717) is 28.7 Å². The monoisotopic (exact) mass is 575 g/mol. The first-order valence-electron chi connectivity index (χ1n) is 11.6. The number of nitrogens with one attached hydrogen (secondary N) is 2. The third-order valence-corrected chi connectivity index (χ3v) is 6.56. The molecule has 0 fully saturated rings. The Labute approximate surface area is 227 Å². The molecule has 1 unspecified atom stereocenters. The molecule has 0 saturated carbocycles. The highest BCUT2D eigenvalue weighted by atomic mass is 79.9. The molecule has 0 aliphatic rings. The average molecular weight is 577 g/mol. The molecule has 1 atom stereocenters. The summed E-state index contributed by atoms with van der Waals surface area (Å²) in [4.78, 5) is 17.4. The van der Waals surface area contributed by atoms with Crippen molar-refractivity contribution < 1.29 is 9.53 Å². The largest absolute Gasteiger partial charge is 0.481 e. The van der Waals surface area contributed by atoms with Crippen LogP contribution in [0.15, 0.2) is 95.6 Å². The van der Waals surface area contributed by atoms with Gasteiger partial charge in [0.05, 0.1) is 16.4 Å². The average Bonchev–Trinajstić information content (AvgIpc) is 3.29. The van der Waals surface area contributed by atoms with Crippen molar-refractivity contribution in [2.24, 2.45) is 0 Å².